The number of amides is 1. The zero-order valence-corrected chi connectivity index (χ0v) is 13.2. The molecule has 6 heteroatoms. The van der Waals surface area contributed by atoms with Crippen molar-refractivity contribution in [2.45, 2.75) is 25.9 Å². The maximum absolute atomic E-state index is 12.2. The summed E-state index contributed by atoms with van der Waals surface area (Å²) < 4.78 is 9.51. The second-order valence-electron chi connectivity index (χ2n) is 4.79. The molecule has 0 aliphatic rings. The summed E-state index contributed by atoms with van der Waals surface area (Å²) in [6, 6.07) is 9.93. The summed E-state index contributed by atoms with van der Waals surface area (Å²) in [5.41, 5.74) is 1.18. The molecule has 0 aliphatic heterocycles. The molecule has 1 amide bonds. The van der Waals surface area contributed by atoms with E-state index in [4.69, 9.17) is 4.74 Å². The molecule has 1 heterocycles. The van der Waals surface area contributed by atoms with E-state index in [1.165, 1.54) is 0 Å². The van der Waals surface area contributed by atoms with Gasteiger partial charge in [-0.05, 0) is 30.4 Å². The Morgan fingerprint density at radius 1 is 1.38 bits per heavy atom. The van der Waals surface area contributed by atoms with E-state index in [0.29, 0.717) is 17.1 Å². The van der Waals surface area contributed by atoms with Gasteiger partial charge in [-0.3, -0.25) is 4.79 Å². The lowest BCUT2D eigenvalue weighted by molar-refractivity contribution is -0.0164. The lowest BCUT2D eigenvalue weighted by atomic mass is 9.90. The van der Waals surface area contributed by atoms with Crippen molar-refractivity contribution in [1.29, 1.82) is 0 Å². The van der Waals surface area contributed by atoms with E-state index < -0.39 is 5.60 Å². The number of benzene rings is 1. The topological polar surface area (TPSA) is 64.1 Å². The van der Waals surface area contributed by atoms with Crippen molar-refractivity contribution in [2.75, 3.05) is 13.7 Å². The third-order valence-corrected chi connectivity index (χ3v) is 4.48. The van der Waals surface area contributed by atoms with Gasteiger partial charge in [-0.1, -0.05) is 41.7 Å². The number of carbonyl (C=O) groups excluding carboxylic acids is 1. The van der Waals surface area contributed by atoms with Crippen molar-refractivity contribution >= 4 is 17.4 Å². The number of hydrogen-bond acceptors (Lipinski definition) is 5. The molecular formula is C15H19N3O2S. The van der Waals surface area contributed by atoms with Crippen LogP contribution in [0.4, 0.5) is 0 Å². The minimum Gasteiger partial charge on any atom is -0.372 e. The molecule has 0 saturated carbocycles. The predicted molar refractivity (Wildman–Crippen MR) is 82.4 cm³/mol. The van der Waals surface area contributed by atoms with Crippen molar-refractivity contribution in [3.63, 3.8) is 0 Å². The highest BCUT2D eigenvalue weighted by atomic mass is 32.1. The van der Waals surface area contributed by atoms with Crippen LogP contribution in [0.25, 0.3) is 0 Å². The van der Waals surface area contributed by atoms with Crippen LogP contribution >= 0.6 is 11.5 Å². The van der Waals surface area contributed by atoms with E-state index in [-0.39, 0.29) is 5.91 Å². The first-order valence-electron chi connectivity index (χ1n) is 6.81. The van der Waals surface area contributed by atoms with E-state index in [9.17, 15) is 4.79 Å². The van der Waals surface area contributed by atoms with Crippen molar-refractivity contribution in [3.05, 3.63) is 46.5 Å². The number of nitrogens with zero attached hydrogens (tertiary/aromatic N) is 2. The lowest BCUT2D eigenvalue weighted by Crippen LogP contribution is -2.41. The Morgan fingerprint density at radius 2 is 2.10 bits per heavy atom. The van der Waals surface area contributed by atoms with Crippen LogP contribution in [0, 0.1) is 6.92 Å². The van der Waals surface area contributed by atoms with Crippen molar-refractivity contribution in [2.24, 2.45) is 0 Å². The van der Waals surface area contributed by atoms with Crippen LogP contribution < -0.4 is 5.32 Å². The maximum atomic E-state index is 12.2. The molecule has 0 spiro atoms. The minimum atomic E-state index is -0.525. The summed E-state index contributed by atoms with van der Waals surface area (Å²) >= 11 is 1.11. The average molecular weight is 305 g/mol. The van der Waals surface area contributed by atoms with Gasteiger partial charge in [-0.25, -0.2) is 0 Å². The number of aryl methyl sites for hydroxylation is 1. The molecule has 5 nitrogen and oxygen atoms in total. The largest absolute Gasteiger partial charge is 0.372 e. The van der Waals surface area contributed by atoms with Gasteiger partial charge in [0.15, 0.2) is 0 Å². The van der Waals surface area contributed by atoms with Crippen LogP contribution in [-0.2, 0) is 10.3 Å². The third kappa shape index (κ3) is 3.28. The molecule has 0 bridgehead atoms. The average Bonchev–Trinajstić information content (AvgIpc) is 2.96. The molecular weight excluding hydrogens is 286 g/mol. The number of rotatable bonds is 6. The number of hydrogen-bond donors (Lipinski definition) is 1. The van der Waals surface area contributed by atoms with Crippen LogP contribution in [0.15, 0.2) is 30.3 Å². The molecule has 0 fully saturated rings. The van der Waals surface area contributed by atoms with Gasteiger partial charge in [0.1, 0.15) is 10.5 Å². The SMILES string of the molecule is CCC(CNC(=O)c1snnc1C)(OC)c1ccccc1. The summed E-state index contributed by atoms with van der Waals surface area (Å²) in [5.74, 6) is -0.159. The van der Waals surface area contributed by atoms with Gasteiger partial charge in [-0.15, -0.1) is 5.10 Å². The third-order valence-electron chi connectivity index (χ3n) is 3.65. The fourth-order valence-electron chi connectivity index (χ4n) is 2.25. The number of aromatic nitrogens is 2. The monoisotopic (exact) mass is 305 g/mol. The van der Waals surface area contributed by atoms with Crippen LogP contribution in [0.2, 0.25) is 0 Å². The van der Waals surface area contributed by atoms with E-state index in [2.05, 4.69) is 14.9 Å². The highest BCUT2D eigenvalue weighted by molar-refractivity contribution is 7.07. The second-order valence-corrected chi connectivity index (χ2v) is 5.54. The Bertz CT molecular complexity index is 594. The van der Waals surface area contributed by atoms with Crippen molar-refractivity contribution < 1.29 is 9.53 Å². The van der Waals surface area contributed by atoms with Crippen LogP contribution in [0.5, 0.6) is 0 Å². The standard InChI is InChI=1S/C15H19N3O2S/c1-4-15(20-3,12-8-6-5-7-9-12)10-16-14(19)13-11(2)17-18-21-13/h5-9H,4,10H2,1-3H3,(H,16,19). The van der Waals surface area contributed by atoms with Crippen molar-refractivity contribution in [1.82, 2.24) is 14.9 Å². The molecule has 2 aromatic rings. The summed E-state index contributed by atoms with van der Waals surface area (Å²) in [5, 5.41) is 6.79. The molecule has 1 unspecified atom stereocenters. The Balaban J connectivity index is 2.14. The van der Waals surface area contributed by atoms with Crippen molar-refractivity contribution in [3.8, 4) is 0 Å². The molecule has 1 N–H and O–H groups in total. The summed E-state index contributed by atoms with van der Waals surface area (Å²) in [6.07, 6.45) is 0.758. The predicted octanol–water partition coefficient (Wildman–Crippen LogP) is 2.53. The fraction of sp³-hybridized carbons (Fsp3) is 0.400. The number of carbonyl (C=O) groups is 1. The number of methoxy groups -OCH3 is 1. The first kappa shape index (κ1) is 15.6. The Labute approximate surface area is 128 Å². The van der Waals surface area contributed by atoms with Gasteiger partial charge in [0.25, 0.3) is 5.91 Å². The molecule has 0 radical (unpaired) electrons. The van der Waals surface area contributed by atoms with Crippen LogP contribution in [0.3, 0.4) is 0 Å². The van der Waals surface area contributed by atoms with Gasteiger partial charge < -0.3 is 10.1 Å². The Morgan fingerprint density at radius 3 is 2.62 bits per heavy atom. The molecule has 21 heavy (non-hydrogen) atoms. The quantitative estimate of drug-likeness (QED) is 0.890. The minimum absolute atomic E-state index is 0.159. The zero-order chi connectivity index (χ0) is 15.3. The van der Waals surface area contributed by atoms with Crippen LogP contribution in [-0.4, -0.2) is 29.1 Å². The van der Waals surface area contributed by atoms with Gasteiger partial charge >= 0.3 is 0 Å². The second kappa shape index (κ2) is 6.78. The fourth-order valence-corrected chi connectivity index (χ4v) is 2.82. The molecule has 0 aliphatic carbocycles. The van der Waals surface area contributed by atoms with Crippen LogP contribution in [0.1, 0.15) is 34.3 Å². The van der Waals surface area contributed by atoms with E-state index in [1.807, 2.05) is 37.3 Å². The highest BCUT2D eigenvalue weighted by Crippen LogP contribution is 2.28. The highest BCUT2D eigenvalue weighted by Gasteiger charge is 2.31. The molecule has 1 atom stereocenters. The summed E-state index contributed by atoms with van der Waals surface area (Å²) in [4.78, 5) is 12.7. The Hall–Kier alpha value is -1.79. The Kier molecular flexibility index (Phi) is 5.03. The molecule has 1 aromatic carbocycles. The number of nitrogens with one attached hydrogen (secondary N) is 1. The molecule has 112 valence electrons. The van der Waals surface area contributed by atoms with Gasteiger partial charge in [0.05, 0.1) is 12.2 Å². The van der Waals surface area contributed by atoms with E-state index >= 15 is 0 Å². The summed E-state index contributed by atoms with van der Waals surface area (Å²) in [6.45, 7) is 4.22. The molecule has 2 rings (SSSR count). The molecule has 0 saturated heterocycles. The first-order valence-corrected chi connectivity index (χ1v) is 7.58. The van der Waals surface area contributed by atoms with Gasteiger partial charge in [0, 0.05) is 7.11 Å². The molecule has 1 aromatic heterocycles. The normalized spacial score (nSPS) is 13.7. The van der Waals surface area contributed by atoms with Gasteiger partial charge in [0.2, 0.25) is 0 Å². The van der Waals surface area contributed by atoms with Gasteiger partial charge in [-0.2, -0.15) is 0 Å². The smallest absolute Gasteiger partial charge is 0.265 e. The zero-order valence-electron chi connectivity index (χ0n) is 12.4. The first-order chi connectivity index (χ1) is 10.1. The summed E-state index contributed by atoms with van der Waals surface area (Å²) in [7, 11) is 1.67. The number of ether oxygens (including phenoxy) is 1. The van der Waals surface area contributed by atoms with E-state index in [0.717, 1.165) is 23.5 Å². The maximum Gasteiger partial charge on any atom is 0.265 e. The van der Waals surface area contributed by atoms with E-state index in [1.54, 1.807) is 14.0 Å². The lowest BCUT2D eigenvalue weighted by Gasteiger charge is -2.32.